The van der Waals surface area contributed by atoms with E-state index in [9.17, 15) is 19.7 Å². The van der Waals surface area contributed by atoms with Crippen LogP contribution in [0.15, 0.2) is 57.7 Å². The summed E-state index contributed by atoms with van der Waals surface area (Å²) in [5.74, 6) is -0.589. The van der Waals surface area contributed by atoms with E-state index in [2.05, 4.69) is 5.32 Å². The summed E-state index contributed by atoms with van der Waals surface area (Å²) in [6.07, 6.45) is 0. The minimum atomic E-state index is -0.854. The van der Waals surface area contributed by atoms with Crippen LogP contribution >= 0.6 is 0 Å². The van der Waals surface area contributed by atoms with E-state index in [1.807, 2.05) is 30.3 Å². The molecule has 3 rings (SSSR count). The van der Waals surface area contributed by atoms with E-state index in [4.69, 9.17) is 9.15 Å². The first-order valence-corrected chi connectivity index (χ1v) is 8.07. The number of fused-ring (bicyclic) bond motifs is 1. The Labute approximate surface area is 153 Å². The number of ether oxygens (including phenoxy) is 1. The van der Waals surface area contributed by atoms with Gasteiger partial charge in [-0.15, -0.1) is 0 Å². The average molecular weight is 368 g/mol. The molecule has 0 aliphatic rings. The molecule has 27 heavy (non-hydrogen) atoms. The van der Waals surface area contributed by atoms with Gasteiger partial charge in [-0.1, -0.05) is 30.3 Å². The molecule has 0 spiro atoms. The molecule has 0 aliphatic carbocycles. The molecule has 1 N–H and O–H groups in total. The molecule has 0 bridgehead atoms. The molecule has 0 saturated heterocycles. The highest BCUT2D eigenvalue weighted by Gasteiger charge is 2.20. The number of amides is 1. The Bertz CT molecular complexity index is 1070. The van der Waals surface area contributed by atoms with Crippen LogP contribution in [0.2, 0.25) is 0 Å². The van der Waals surface area contributed by atoms with E-state index in [0.29, 0.717) is 0 Å². The summed E-state index contributed by atoms with van der Waals surface area (Å²) in [6, 6.07) is 12.5. The van der Waals surface area contributed by atoms with Gasteiger partial charge >= 0.3 is 5.63 Å². The van der Waals surface area contributed by atoms with Gasteiger partial charge in [-0.2, -0.15) is 0 Å². The van der Waals surface area contributed by atoms with Crippen LogP contribution in [-0.4, -0.2) is 17.9 Å². The Kier molecular flexibility index (Phi) is 4.89. The van der Waals surface area contributed by atoms with Gasteiger partial charge in [0.25, 0.3) is 11.6 Å². The van der Waals surface area contributed by atoms with Crippen molar-refractivity contribution in [3.05, 3.63) is 80.2 Å². The molecule has 0 unspecified atom stereocenters. The molecule has 3 aromatic rings. The number of nitro groups is 1. The fraction of sp³-hybridized carbons (Fsp3) is 0.158. The molecule has 0 saturated carbocycles. The lowest BCUT2D eigenvalue weighted by Crippen LogP contribution is -2.30. The summed E-state index contributed by atoms with van der Waals surface area (Å²) >= 11 is 0. The van der Waals surface area contributed by atoms with Crippen LogP contribution in [0.25, 0.3) is 11.0 Å². The first-order chi connectivity index (χ1) is 12.9. The van der Waals surface area contributed by atoms with Crippen LogP contribution in [0.4, 0.5) is 5.69 Å². The fourth-order valence-corrected chi connectivity index (χ4v) is 2.70. The normalized spacial score (nSPS) is 11.8. The molecule has 0 aliphatic heterocycles. The van der Waals surface area contributed by atoms with E-state index in [0.717, 1.165) is 11.6 Å². The number of hydrogen-bond acceptors (Lipinski definition) is 6. The lowest BCUT2D eigenvalue weighted by Gasteiger charge is -2.14. The number of nitrogens with one attached hydrogen (secondary N) is 1. The Balaban J connectivity index is 2.01. The van der Waals surface area contributed by atoms with Crippen LogP contribution in [0.3, 0.4) is 0 Å². The summed E-state index contributed by atoms with van der Waals surface area (Å²) in [7, 11) is 1.31. The van der Waals surface area contributed by atoms with Gasteiger partial charge in [-0.3, -0.25) is 14.9 Å². The second kappa shape index (κ2) is 7.28. The molecule has 8 heteroatoms. The van der Waals surface area contributed by atoms with Gasteiger partial charge in [-0.05, 0) is 18.6 Å². The van der Waals surface area contributed by atoms with Crippen molar-refractivity contribution >= 4 is 22.6 Å². The SMILES string of the molecule is COc1cc([N+](=O)[O-])cc2cc(C(=O)N[C@@H](C)c3ccccc3)c(=O)oc12. The quantitative estimate of drug-likeness (QED) is 0.420. The number of hydrogen-bond donors (Lipinski definition) is 1. The number of methoxy groups -OCH3 is 1. The predicted octanol–water partition coefficient (Wildman–Crippen LogP) is 3.20. The van der Waals surface area contributed by atoms with Crippen molar-refractivity contribution in [2.24, 2.45) is 0 Å². The maximum Gasteiger partial charge on any atom is 0.349 e. The average Bonchev–Trinajstić information content (AvgIpc) is 2.67. The summed E-state index contributed by atoms with van der Waals surface area (Å²) in [6.45, 7) is 1.78. The molecule has 0 radical (unpaired) electrons. The van der Waals surface area contributed by atoms with Gasteiger partial charge in [0.1, 0.15) is 5.56 Å². The van der Waals surface area contributed by atoms with Crippen LogP contribution in [0.1, 0.15) is 28.9 Å². The third kappa shape index (κ3) is 3.64. The highest BCUT2D eigenvalue weighted by atomic mass is 16.6. The minimum Gasteiger partial charge on any atom is -0.493 e. The minimum absolute atomic E-state index is 0.0424. The van der Waals surface area contributed by atoms with E-state index in [1.54, 1.807) is 6.92 Å². The summed E-state index contributed by atoms with van der Waals surface area (Å²) < 4.78 is 10.3. The van der Waals surface area contributed by atoms with Crippen LogP contribution in [0.5, 0.6) is 5.75 Å². The van der Waals surface area contributed by atoms with Gasteiger partial charge in [0, 0.05) is 11.5 Å². The predicted molar refractivity (Wildman–Crippen MR) is 98.0 cm³/mol. The number of non-ortho nitro benzene ring substituents is 1. The molecule has 1 aromatic heterocycles. The first-order valence-electron chi connectivity index (χ1n) is 8.07. The third-order valence-corrected chi connectivity index (χ3v) is 4.11. The summed E-state index contributed by atoms with van der Waals surface area (Å²) in [4.78, 5) is 35.3. The van der Waals surface area contributed by atoms with Crippen molar-refractivity contribution in [2.45, 2.75) is 13.0 Å². The van der Waals surface area contributed by atoms with E-state index in [1.165, 1.54) is 19.2 Å². The van der Waals surface area contributed by atoms with Crippen LogP contribution in [0, 0.1) is 10.1 Å². The van der Waals surface area contributed by atoms with Gasteiger partial charge in [0.05, 0.1) is 24.1 Å². The molecule has 1 heterocycles. The smallest absolute Gasteiger partial charge is 0.349 e. The van der Waals surface area contributed by atoms with Gasteiger partial charge in [-0.25, -0.2) is 4.79 Å². The third-order valence-electron chi connectivity index (χ3n) is 4.11. The largest absolute Gasteiger partial charge is 0.493 e. The zero-order valence-corrected chi connectivity index (χ0v) is 14.6. The van der Waals surface area contributed by atoms with Crippen molar-refractivity contribution in [1.82, 2.24) is 5.32 Å². The molecule has 0 fully saturated rings. The molecule has 8 nitrogen and oxygen atoms in total. The molecule has 138 valence electrons. The van der Waals surface area contributed by atoms with Crippen molar-refractivity contribution in [3.8, 4) is 5.75 Å². The topological polar surface area (TPSA) is 112 Å². The number of benzene rings is 2. The Morgan fingerprint density at radius 3 is 2.56 bits per heavy atom. The van der Waals surface area contributed by atoms with Crippen LogP contribution in [-0.2, 0) is 0 Å². The standard InChI is InChI=1S/C19H16N2O6/c1-11(12-6-4-3-5-7-12)20-18(22)15-9-13-8-14(21(24)25)10-16(26-2)17(13)27-19(15)23/h3-11H,1-2H3,(H,20,22)/t11-/m0/s1. The highest BCUT2D eigenvalue weighted by Crippen LogP contribution is 2.30. The maximum absolute atomic E-state index is 12.5. The zero-order chi connectivity index (χ0) is 19.6. The second-order valence-electron chi connectivity index (χ2n) is 5.88. The molecular formula is C19H16N2O6. The number of nitro benzene ring substituents is 1. The van der Waals surface area contributed by atoms with Gasteiger partial charge < -0.3 is 14.5 Å². The van der Waals surface area contributed by atoms with Crippen molar-refractivity contribution in [2.75, 3.05) is 7.11 Å². The van der Waals surface area contributed by atoms with Crippen LogP contribution < -0.4 is 15.7 Å². The highest BCUT2D eigenvalue weighted by molar-refractivity contribution is 5.98. The summed E-state index contributed by atoms with van der Waals surface area (Å²) in [5, 5.41) is 14.0. The van der Waals surface area contributed by atoms with E-state index < -0.39 is 16.5 Å². The number of rotatable bonds is 5. The van der Waals surface area contributed by atoms with Gasteiger partial charge in [0.2, 0.25) is 0 Å². The Morgan fingerprint density at radius 1 is 1.22 bits per heavy atom. The number of carbonyl (C=O) groups is 1. The molecule has 1 amide bonds. The van der Waals surface area contributed by atoms with Crippen molar-refractivity contribution in [1.29, 1.82) is 0 Å². The molecule has 2 aromatic carbocycles. The van der Waals surface area contributed by atoms with Crippen molar-refractivity contribution in [3.63, 3.8) is 0 Å². The lowest BCUT2D eigenvalue weighted by atomic mass is 10.1. The Hall–Kier alpha value is -3.68. The molecule has 1 atom stereocenters. The number of nitrogens with zero attached hydrogens (tertiary/aromatic N) is 1. The number of carbonyl (C=O) groups excluding carboxylic acids is 1. The molecular weight excluding hydrogens is 352 g/mol. The summed E-state index contributed by atoms with van der Waals surface area (Å²) in [5.41, 5.74) is -0.424. The lowest BCUT2D eigenvalue weighted by molar-refractivity contribution is -0.384. The van der Waals surface area contributed by atoms with E-state index >= 15 is 0 Å². The zero-order valence-electron chi connectivity index (χ0n) is 14.6. The van der Waals surface area contributed by atoms with Gasteiger partial charge in [0.15, 0.2) is 11.3 Å². The van der Waals surface area contributed by atoms with Crippen molar-refractivity contribution < 1.29 is 18.9 Å². The first kappa shape index (κ1) is 18.1. The van der Waals surface area contributed by atoms with E-state index in [-0.39, 0.29) is 34.0 Å². The maximum atomic E-state index is 12.5. The second-order valence-corrected chi connectivity index (χ2v) is 5.88. The monoisotopic (exact) mass is 368 g/mol. The fourth-order valence-electron chi connectivity index (χ4n) is 2.70. The Morgan fingerprint density at radius 2 is 1.93 bits per heavy atom.